The van der Waals surface area contributed by atoms with Crippen LogP contribution in [0.4, 0.5) is 0 Å². The summed E-state index contributed by atoms with van der Waals surface area (Å²) in [6, 6.07) is 5.62. The molecule has 0 aliphatic heterocycles. The number of halogens is 2. The third-order valence-corrected chi connectivity index (χ3v) is 4.38. The Kier molecular flexibility index (Phi) is 5.19. The van der Waals surface area contributed by atoms with Crippen LogP contribution in [0.2, 0.25) is 10.0 Å². The molecule has 1 heterocycles. The number of aryl methyl sites for hydroxylation is 1. The number of benzene rings is 1. The van der Waals surface area contributed by atoms with Gasteiger partial charge in [0.05, 0.1) is 5.01 Å². The fraction of sp³-hybridized carbons (Fsp3) is 0.308. The molecular weight excluding hydrogens is 301 g/mol. The molecule has 0 saturated heterocycles. The number of rotatable bonds is 5. The molecule has 19 heavy (non-hydrogen) atoms. The van der Waals surface area contributed by atoms with E-state index in [2.05, 4.69) is 10.4 Å². The molecule has 3 nitrogen and oxygen atoms in total. The van der Waals surface area contributed by atoms with E-state index in [1.165, 1.54) is 0 Å². The van der Waals surface area contributed by atoms with Gasteiger partial charge in [-0.15, -0.1) is 11.3 Å². The van der Waals surface area contributed by atoms with Crippen LogP contribution in [0.5, 0.6) is 0 Å². The van der Waals surface area contributed by atoms with Crippen molar-refractivity contribution in [3.8, 4) is 0 Å². The average Bonchev–Trinajstić information content (AvgIpc) is 2.77. The number of nitrogens with zero attached hydrogens (tertiary/aromatic N) is 1. The van der Waals surface area contributed by atoms with Crippen LogP contribution < -0.4 is 11.3 Å². The molecule has 0 fully saturated rings. The van der Waals surface area contributed by atoms with Crippen molar-refractivity contribution in [1.29, 1.82) is 0 Å². The maximum absolute atomic E-state index is 6.17. The molecule has 0 aliphatic carbocycles. The lowest BCUT2D eigenvalue weighted by atomic mass is 10.0. The molecule has 2 rings (SSSR count). The first-order valence-corrected chi connectivity index (χ1v) is 7.53. The van der Waals surface area contributed by atoms with E-state index in [1.807, 2.05) is 24.4 Å². The third-order valence-electron chi connectivity index (χ3n) is 2.80. The monoisotopic (exact) mass is 315 g/mol. The molecule has 0 amide bonds. The molecule has 1 aromatic heterocycles. The summed E-state index contributed by atoms with van der Waals surface area (Å²) in [5, 5.41) is 4.42. The number of aromatic nitrogens is 1. The van der Waals surface area contributed by atoms with E-state index in [0.29, 0.717) is 10.0 Å². The van der Waals surface area contributed by atoms with Crippen molar-refractivity contribution in [2.75, 3.05) is 0 Å². The number of hydrogen-bond donors (Lipinski definition) is 2. The summed E-state index contributed by atoms with van der Waals surface area (Å²) in [6.45, 7) is 1.99. The highest BCUT2D eigenvalue weighted by Gasteiger charge is 2.13. The van der Waals surface area contributed by atoms with Gasteiger partial charge in [-0.3, -0.25) is 11.3 Å². The van der Waals surface area contributed by atoms with Gasteiger partial charge in [0.2, 0.25) is 0 Å². The van der Waals surface area contributed by atoms with Crippen molar-refractivity contribution in [3.63, 3.8) is 0 Å². The molecule has 0 radical (unpaired) electrons. The third kappa shape index (κ3) is 4.16. The largest absolute Gasteiger partial charge is 0.271 e. The summed E-state index contributed by atoms with van der Waals surface area (Å²) >= 11 is 13.7. The minimum Gasteiger partial charge on any atom is -0.271 e. The minimum atomic E-state index is 0.101. The fourth-order valence-corrected chi connectivity index (χ4v) is 3.19. The standard InChI is InChI=1S/C13H15Cl2N3S/c1-8-7-19-13(17-8)6-11(18-16)4-9-2-3-10(14)5-12(9)15/h2-3,5,7,11,18H,4,6,16H2,1H3. The van der Waals surface area contributed by atoms with Crippen molar-refractivity contribution in [1.82, 2.24) is 10.4 Å². The Morgan fingerprint density at radius 3 is 2.74 bits per heavy atom. The summed E-state index contributed by atoms with van der Waals surface area (Å²) in [7, 11) is 0. The van der Waals surface area contributed by atoms with E-state index in [1.54, 1.807) is 17.4 Å². The molecule has 2 aromatic rings. The Balaban J connectivity index is 2.06. The molecular formula is C13H15Cl2N3S. The molecule has 1 atom stereocenters. The van der Waals surface area contributed by atoms with Gasteiger partial charge in [-0.05, 0) is 31.0 Å². The minimum absolute atomic E-state index is 0.101. The van der Waals surface area contributed by atoms with Crippen LogP contribution in [0.25, 0.3) is 0 Å². The van der Waals surface area contributed by atoms with E-state index >= 15 is 0 Å². The van der Waals surface area contributed by atoms with Crippen LogP contribution in [-0.4, -0.2) is 11.0 Å². The molecule has 0 aliphatic rings. The Morgan fingerprint density at radius 2 is 2.16 bits per heavy atom. The van der Waals surface area contributed by atoms with Crippen LogP contribution in [0, 0.1) is 6.92 Å². The highest BCUT2D eigenvalue weighted by molar-refractivity contribution is 7.09. The SMILES string of the molecule is Cc1csc(CC(Cc2ccc(Cl)cc2Cl)NN)n1. The number of nitrogens with one attached hydrogen (secondary N) is 1. The molecule has 3 N–H and O–H groups in total. The van der Waals surface area contributed by atoms with Gasteiger partial charge in [-0.1, -0.05) is 29.3 Å². The molecule has 1 aromatic carbocycles. The van der Waals surface area contributed by atoms with Crippen molar-refractivity contribution in [3.05, 3.63) is 49.9 Å². The first kappa shape index (κ1) is 14.8. The smallest absolute Gasteiger partial charge is 0.0944 e. The lowest BCUT2D eigenvalue weighted by Gasteiger charge is -2.15. The zero-order chi connectivity index (χ0) is 13.8. The highest BCUT2D eigenvalue weighted by Crippen LogP contribution is 2.23. The second kappa shape index (κ2) is 6.68. The number of nitrogens with two attached hydrogens (primary N) is 1. The van der Waals surface area contributed by atoms with E-state index in [9.17, 15) is 0 Å². The van der Waals surface area contributed by atoms with Gasteiger partial charge >= 0.3 is 0 Å². The number of hydrazine groups is 1. The van der Waals surface area contributed by atoms with E-state index in [0.717, 1.165) is 29.1 Å². The topological polar surface area (TPSA) is 50.9 Å². The number of thiazole rings is 1. The summed E-state index contributed by atoms with van der Waals surface area (Å²) in [5.74, 6) is 5.61. The Morgan fingerprint density at radius 1 is 1.37 bits per heavy atom. The first-order chi connectivity index (χ1) is 9.08. The fourth-order valence-electron chi connectivity index (χ4n) is 1.85. The quantitative estimate of drug-likeness (QED) is 0.657. The van der Waals surface area contributed by atoms with E-state index < -0.39 is 0 Å². The number of hydrogen-bond acceptors (Lipinski definition) is 4. The Labute approximate surface area is 126 Å². The van der Waals surface area contributed by atoms with Gasteiger partial charge < -0.3 is 0 Å². The molecule has 1 unspecified atom stereocenters. The molecule has 0 saturated carbocycles. The van der Waals surface area contributed by atoms with Crippen LogP contribution in [0.15, 0.2) is 23.6 Å². The van der Waals surface area contributed by atoms with Crippen LogP contribution in [-0.2, 0) is 12.8 Å². The molecule has 102 valence electrons. The predicted octanol–water partition coefficient (Wildman–Crippen LogP) is 3.38. The van der Waals surface area contributed by atoms with Gasteiger partial charge in [0.1, 0.15) is 0 Å². The highest BCUT2D eigenvalue weighted by atomic mass is 35.5. The normalized spacial score (nSPS) is 12.6. The molecule has 0 bridgehead atoms. The van der Waals surface area contributed by atoms with Gasteiger partial charge in [-0.25, -0.2) is 4.98 Å². The predicted molar refractivity (Wildman–Crippen MR) is 81.8 cm³/mol. The zero-order valence-corrected chi connectivity index (χ0v) is 12.8. The van der Waals surface area contributed by atoms with Crippen molar-refractivity contribution in [2.45, 2.75) is 25.8 Å². The van der Waals surface area contributed by atoms with E-state index in [-0.39, 0.29) is 6.04 Å². The lowest BCUT2D eigenvalue weighted by Crippen LogP contribution is -2.38. The van der Waals surface area contributed by atoms with Crippen LogP contribution in [0.1, 0.15) is 16.3 Å². The molecule has 0 spiro atoms. The zero-order valence-electron chi connectivity index (χ0n) is 10.5. The summed E-state index contributed by atoms with van der Waals surface area (Å²) in [5.41, 5.74) is 4.90. The Bertz CT molecular complexity index is 557. The van der Waals surface area contributed by atoms with E-state index in [4.69, 9.17) is 29.0 Å². The lowest BCUT2D eigenvalue weighted by molar-refractivity contribution is 0.521. The van der Waals surface area contributed by atoms with Crippen LogP contribution >= 0.6 is 34.5 Å². The maximum atomic E-state index is 6.17. The van der Waals surface area contributed by atoms with Gasteiger partial charge in [0, 0.05) is 33.6 Å². The summed E-state index contributed by atoms with van der Waals surface area (Å²) in [6.07, 6.45) is 1.53. The molecule has 6 heteroatoms. The summed E-state index contributed by atoms with van der Waals surface area (Å²) < 4.78 is 0. The van der Waals surface area contributed by atoms with Gasteiger partial charge in [0.15, 0.2) is 0 Å². The van der Waals surface area contributed by atoms with Crippen molar-refractivity contribution >= 4 is 34.5 Å². The average molecular weight is 316 g/mol. The second-order valence-corrected chi connectivity index (χ2v) is 6.18. The summed E-state index contributed by atoms with van der Waals surface area (Å²) in [4.78, 5) is 4.45. The second-order valence-electron chi connectivity index (χ2n) is 4.39. The van der Waals surface area contributed by atoms with Gasteiger partial charge in [0.25, 0.3) is 0 Å². The Hall–Kier alpha value is -0.650. The van der Waals surface area contributed by atoms with Crippen molar-refractivity contribution in [2.24, 2.45) is 5.84 Å². The van der Waals surface area contributed by atoms with Crippen molar-refractivity contribution < 1.29 is 0 Å². The first-order valence-electron chi connectivity index (χ1n) is 5.89. The van der Waals surface area contributed by atoms with Gasteiger partial charge in [-0.2, -0.15) is 0 Å². The maximum Gasteiger partial charge on any atom is 0.0944 e. The van der Waals surface area contributed by atoms with Crippen LogP contribution in [0.3, 0.4) is 0 Å².